The van der Waals surface area contributed by atoms with Crippen LogP contribution in [0.2, 0.25) is 0 Å². The number of ether oxygens (including phenoxy) is 2. The molecule has 2 aliphatic rings. The Kier molecular flexibility index (Phi) is 6.33. The highest BCUT2D eigenvalue weighted by Crippen LogP contribution is 2.44. The number of rotatable bonds is 8. The minimum absolute atomic E-state index is 0.112. The Hall–Kier alpha value is -2.74. The number of carbonyl (C=O) groups excluding carboxylic acids is 1. The molecule has 1 N–H and O–H groups in total. The van der Waals surface area contributed by atoms with Crippen molar-refractivity contribution in [2.45, 2.75) is 43.5 Å². The van der Waals surface area contributed by atoms with Gasteiger partial charge in [-0.1, -0.05) is 24.1 Å². The van der Waals surface area contributed by atoms with Gasteiger partial charge in [0.05, 0.1) is 24.8 Å². The van der Waals surface area contributed by atoms with Crippen molar-refractivity contribution in [3.63, 3.8) is 0 Å². The molecule has 2 aliphatic carbocycles. The summed E-state index contributed by atoms with van der Waals surface area (Å²) in [4.78, 5) is 13.2. The van der Waals surface area contributed by atoms with Gasteiger partial charge in [-0.15, -0.1) is 0 Å². The van der Waals surface area contributed by atoms with E-state index < -0.39 is 10.0 Å². The van der Waals surface area contributed by atoms with Crippen molar-refractivity contribution in [3.8, 4) is 11.5 Å². The van der Waals surface area contributed by atoms with E-state index in [9.17, 15) is 13.2 Å². The Morgan fingerprint density at radius 2 is 1.81 bits per heavy atom. The minimum atomic E-state index is -4.03. The van der Waals surface area contributed by atoms with E-state index in [1.165, 1.54) is 20.6 Å². The number of hydrogen-bond donors (Lipinski definition) is 1. The zero-order valence-electron chi connectivity index (χ0n) is 18.7. The molecule has 7 nitrogen and oxygen atoms in total. The molecular weight excluding hydrogens is 428 g/mol. The van der Waals surface area contributed by atoms with Crippen LogP contribution >= 0.6 is 0 Å². The van der Waals surface area contributed by atoms with E-state index in [1.807, 2.05) is 6.92 Å². The predicted octanol–water partition coefficient (Wildman–Crippen LogP) is 3.51. The third kappa shape index (κ3) is 4.41. The van der Waals surface area contributed by atoms with Gasteiger partial charge in [0.2, 0.25) is 5.91 Å². The van der Waals surface area contributed by atoms with Crippen LogP contribution in [0.5, 0.6) is 11.5 Å². The molecule has 3 atom stereocenters. The highest BCUT2D eigenvalue weighted by Gasteiger charge is 2.40. The van der Waals surface area contributed by atoms with E-state index in [2.05, 4.69) is 5.32 Å². The second kappa shape index (κ2) is 9.02. The molecule has 2 fully saturated rings. The largest absolute Gasteiger partial charge is 0.497 e. The molecule has 4 rings (SSSR count). The molecule has 0 aromatic heterocycles. The Labute approximate surface area is 189 Å². The number of nitrogens with one attached hydrogen (secondary N) is 1. The first-order valence-corrected chi connectivity index (χ1v) is 12.4. The number of carbonyl (C=O) groups is 1. The number of nitrogens with zero attached hydrogens (tertiary/aromatic N) is 1. The molecule has 0 spiro atoms. The third-order valence-corrected chi connectivity index (χ3v) is 8.41. The number of sulfonamides is 1. The van der Waals surface area contributed by atoms with E-state index in [0.29, 0.717) is 23.3 Å². The molecule has 1 amide bonds. The summed E-state index contributed by atoms with van der Waals surface area (Å²) in [6, 6.07) is 11.6. The summed E-state index contributed by atoms with van der Waals surface area (Å²) in [7, 11) is -1.05. The normalized spacial score (nSPS) is 21.9. The van der Waals surface area contributed by atoms with Gasteiger partial charge in [0, 0.05) is 12.1 Å². The summed E-state index contributed by atoms with van der Waals surface area (Å²) < 4.78 is 39.2. The van der Waals surface area contributed by atoms with Gasteiger partial charge in [-0.05, 0) is 62.3 Å². The van der Waals surface area contributed by atoms with Crippen LogP contribution in [-0.4, -0.2) is 41.1 Å². The number of aryl methyl sites for hydroxylation is 1. The molecular formula is C24H30N2O5S. The van der Waals surface area contributed by atoms with Crippen LogP contribution in [0.25, 0.3) is 0 Å². The van der Waals surface area contributed by atoms with E-state index in [-0.39, 0.29) is 29.1 Å². The average molecular weight is 459 g/mol. The number of benzene rings is 2. The van der Waals surface area contributed by atoms with Crippen LogP contribution in [0.4, 0.5) is 5.69 Å². The van der Waals surface area contributed by atoms with E-state index in [0.717, 1.165) is 29.1 Å². The number of anilines is 1. The summed E-state index contributed by atoms with van der Waals surface area (Å²) in [6.07, 6.45) is 4.49. The highest BCUT2D eigenvalue weighted by molar-refractivity contribution is 7.92. The van der Waals surface area contributed by atoms with Gasteiger partial charge in [0.15, 0.2) is 0 Å². The van der Waals surface area contributed by atoms with Crippen LogP contribution in [0.15, 0.2) is 47.4 Å². The fraction of sp³-hybridized carbons (Fsp3) is 0.458. The predicted molar refractivity (Wildman–Crippen MR) is 123 cm³/mol. The molecule has 32 heavy (non-hydrogen) atoms. The third-order valence-electron chi connectivity index (χ3n) is 6.64. The van der Waals surface area contributed by atoms with Crippen LogP contribution in [0.1, 0.15) is 31.2 Å². The van der Waals surface area contributed by atoms with Gasteiger partial charge in [0.25, 0.3) is 10.0 Å². The molecule has 2 bridgehead atoms. The summed E-state index contributed by atoms with van der Waals surface area (Å²) in [6.45, 7) is 1.55. The fourth-order valence-electron chi connectivity index (χ4n) is 4.93. The highest BCUT2D eigenvalue weighted by atomic mass is 32.2. The summed E-state index contributed by atoms with van der Waals surface area (Å²) in [5.41, 5.74) is 1.21. The van der Waals surface area contributed by atoms with Crippen molar-refractivity contribution in [3.05, 3.63) is 48.0 Å². The maximum absolute atomic E-state index is 13.7. The first-order valence-electron chi connectivity index (χ1n) is 10.9. The molecule has 8 heteroatoms. The maximum atomic E-state index is 13.7. The van der Waals surface area contributed by atoms with Crippen molar-refractivity contribution < 1.29 is 22.7 Å². The van der Waals surface area contributed by atoms with Crippen molar-refractivity contribution in [1.29, 1.82) is 0 Å². The topological polar surface area (TPSA) is 84.9 Å². The van der Waals surface area contributed by atoms with Crippen LogP contribution in [0.3, 0.4) is 0 Å². The fourth-order valence-corrected chi connectivity index (χ4v) is 6.36. The lowest BCUT2D eigenvalue weighted by molar-refractivity contribution is -0.120. The molecule has 0 heterocycles. The summed E-state index contributed by atoms with van der Waals surface area (Å²) in [5.74, 6) is 1.67. The van der Waals surface area contributed by atoms with Gasteiger partial charge < -0.3 is 14.8 Å². The van der Waals surface area contributed by atoms with Crippen molar-refractivity contribution in [1.82, 2.24) is 5.32 Å². The zero-order valence-corrected chi connectivity index (χ0v) is 19.5. The second-order valence-corrected chi connectivity index (χ2v) is 10.6. The zero-order chi connectivity index (χ0) is 22.9. The van der Waals surface area contributed by atoms with Gasteiger partial charge in [-0.3, -0.25) is 9.10 Å². The van der Waals surface area contributed by atoms with Crippen LogP contribution in [-0.2, 0) is 14.8 Å². The van der Waals surface area contributed by atoms with E-state index >= 15 is 0 Å². The Morgan fingerprint density at radius 3 is 2.41 bits per heavy atom. The monoisotopic (exact) mass is 458 g/mol. The van der Waals surface area contributed by atoms with E-state index in [1.54, 1.807) is 42.5 Å². The Balaban J connectivity index is 1.68. The quantitative estimate of drug-likeness (QED) is 0.654. The lowest BCUT2D eigenvalue weighted by Gasteiger charge is -2.28. The van der Waals surface area contributed by atoms with Crippen LogP contribution in [0, 0.1) is 18.8 Å². The standard InChI is InChI=1S/C24H30N2O5S/c1-16-4-9-20(10-5-16)32(28,29)26(22-14-19(30-2)8-11-23(22)31-3)15-24(27)25-21-13-17-6-7-18(21)12-17/h4-5,8-11,14,17-18,21H,6-7,12-13,15H2,1-3H3,(H,25,27). The smallest absolute Gasteiger partial charge is 0.264 e. The lowest BCUT2D eigenvalue weighted by Crippen LogP contribution is -2.46. The summed E-state index contributed by atoms with van der Waals surface area (Å²) in [5, 5.41) is 3.09. The molecule has 2 aromatic rings. The van der Waals surface area contributed by atoms with Gasteiger partial charge in [-0.2, -0.15) is 0 Å². The first-order chi connectivity index (χ1) is 15.3. The van der Waals surface area contributed by atoms with Gasteiger partial charge in [-0.25, -0.2) is 8.42 Å². The maximum Gasteiger partial charge on any atom is 0.264 e. The number of methoxy groups -OCH3 is 2. The summed E-state index contributed by atoms with van der Waals surface area (Å²) >= 11 is 0. The average Bonchev–Trinajstić information content (AvgIpc) is 3.40. The lowest BCUT2D eigenvalue weighted by atomic mass is 9.95. The Morgan fingerprint density at radius 1 is 1.06 bits per heavy atom. The molecule has 172 valence electrons. The van der Waals surface area contributed by atoms with Crippen LogP contribution < -0.4 is 19.1 Å². The van der Waals surface area contributed by atoms with E-state index in [4.69, 9.17) is 9.47 Å². The molecule has 0 radical (unpaired) electrons. The van der Waals surface area contributed by atoms with Crippen molar-refractivity contribution >= 4 is 21.6 Å². The van der Waals surface area contributed by atoms with Crippen molar-refractivity contribution in [2.24, 2.45) is 11.8 Å². The molecule has 2 saturated carbocycles. The molecule has 3 unspecified atom stereocenters. The SMILES string of the molecule is COc1ccc(OC)c(N(CC(=O)NC2CC3CCC2C3)S(=O)(=O)c2ccc(C)cc2)c1. The Bertz CT molecular complexity index is 1080. The second-order valence-electron chi connectivity index (χ2n) is 8.71. The molecule has 0 aliphatic heterocycles. The molecule has 0 saturated heterocycles. The van der Waals surface area contributed by atoms with Gasteiger partial charge >= 0.3 is 0 Å². The number of amides is 1. The van der Waals surface area contributed by atoms with Crippen molar-refractivity contribution in [2.75, 3.05) is 25.1 Å². The number of hydrogen-bond acceptors (Lipinski definition) is 5. The minimum Gasteiger partial charge on any atom is -0.497 e. The van der Waals surface area contributed by atoms with Gasteiger partial charge in [0.1, 0.15) is 18.0 Å². The first kappa shape index (κ1) is 22.5. The number of fused-ring (bicyclic) bond motifs is 2. The molecule has 2 aromatic carbocycles.